The topological polar surface area (TPSA) is 55.0 Å². The lowest BCUT2D eigenvalue weighted by Crippen LogP contribution is -1.98. The Labute approximate surface area is 233 Å². The van der Waals surface area contributed by atoms with Gasteiger partial charge in [0.1, 0.15) is 16.7 Å². The Morgan fingerprint density at radius 1 is 0.537 bits per heavy atom. The highest BCUT2D eigenvalue weighted by atomic mass is 16.3. The van der Waals surface area contributed by atoms with Crippen molar-refractivity contribution in [2.45, 2.75) is 0 Å². The third kappa shape index (κ3) is 3.03. The standard InChI is InChI=1S/C37H20N2O2/c38-21-22-13-15-24(23-14-18-35-30(20-23)27-9-3-5-11-33(27)40-35)32(19-22)39-31-10-4-1-7-25(31)28-16-17-29-26-8-2-6-12-34(26)41-37(29)36(28)39/h1-20H. The number of aromatic nitrogens is 1. The van der Waals surface area contributed by atoms with E-state index in [2.05, 4.69) is 77.4 Å². The number of hydrogen-bond acceptors (Lipinski definition) is 3. The van der Waals surface area contributed by atoms with Gasteiger partial charge in [-0.05, 0) is 54.1 Å². The van der Waals surface area contributed by atoms with Gasteiger partial charge in [-0.25, -0.2) is 0 Å². The van der Waals surface area contributed by atoms with Crippen molar-refractivity contribution in [2.75, 3.05) is 0 Å². The van der Waals surface area contributed by atoms with Crippen LogP contribution in [0.3, 0.4) is 0 Å². The zero-order valence-electron chi connectivity index (χ0n) is 21.8. The lowest BCUT2D eigenvalue weighted by Gasteiger charge is -2.15. The van der Waals surface area contributed by atoms with Crippen molar-refractivity contribution in [3.05, 3.63) is 127 Å². The molecule has 0 aliphatic heterocycles. The number of furan rings is 2. The van der Waals surface area contributed by atoms with E-state index in [9.17, 15) is 5.26 Å². The largest absolute Gasteiger partial charge is 0.456 e. The Morgan fingerprint density at radius 3 is 2.05 bits per heavy atom. The second kappa shape index (κ2) is 8.11. The quantitative estimate of drug-likeness (QED) is 0.226. The molecular weight excluding hydrogens is 504 g/mol. The molecule has 3 heterocycles. The first-order valence-corrected chi connectivity index (χ1v) is 13.6. The number of para-hydroxylation sites is 3. The molecule has 0 fully saturated rings. The van der Waals surface area contributed by atoms with Crippen LogP contribution in [0.25, 0.3) is 82.5 Å². The van der Waals surface area contributed by atoms with Crippen LogP contribution >= 0.6 is 0 Å². The lowest BCUT2D eigenvalue weighted by atomic mass is 9.99. The molecule has 9 rings (SSSR count). The lowest BCUT2D eigenvalue weighted by molar-refractivity contribution is 0.669. The zero-order valence-corrected chi connectivity index (χ0v) is 21.8. The molecule has 0 aliphatic carbocycles. The summed E-state index contributed by atoms with van der Waals surface area (Å²) < 4.78 is 14.9. The average molecular weight is 525 g/mol. The smallest absolute Gasteiger partial charge is 0.160 e. The molecule has 9 aromatic rings. The average Bonchev–Trinajstić information content (AvgIpc) is 3.70. The highest BCUT2D eigenvalue weighted by Gasteiger charge is 2.21. The van der Waals surface area contributed by atoms with Crippen molar-refractivity contribution in [1.29, 1.82) is 5.26 Å². The van der Waals surface area contributed by atoms with Gasteiger partial charge in [0, 0.05) is 37.9 Å². The minimum atomic E-state index is 0.598. The van der Waals surface area contributed by atoms with E-state index < -0.39 is 0 Å². The summed E-state index contributed by atoms with van der Waals surface area (Å²) in [6.45, 7) is 0. The van der Waals surface area contributed by atoms with E-state index in [0.29, 0.717) is 5.56 Å². The molecule has 0 radical (unpaired) electrons. The highest BCUT2D eigenvalue weighted by Crippen LogP contribution is 2.42. The van der Waals surface area contributed by atoms with E-state index in [4.69, 9.17) is 8.83 Å². The molecule has 6 aromatic carbocycles. The van der Waals surface area contributed by atoms with Crippen LogP contribution in [0.5, 0.6) is 0 Å². The summed E-state index contributed by atoms with van der Waals surface area (Å²) >= 11 is 0. The monoisotopic (exact) mass is 524 g/mol. The van der Waals surface area contributed by atoms with Crippen LogP contribution in [0, 0.1) is 11.3 Å². The fraction of sp³-hybridized carbons (Fsp3) is 0. The molecule has 0 spiro atoms. The summed E-state index contributed by atoms with van der Waals surface area (Å²) in [5, 5.41) is 16.5. The normalized spacial score (nSPS) is 11.9. The fourth-order valence-corrected chi connectivity index (χ4v) is 6.40. The molecule has 190 valence electrons. The first-order chi connectivity index (χ1) is 20.3. The minimum Gasteiger partial charge on any atom is -0.456 e. The maximum atomic E-state index is 9.96. The summed E-state index contributed by atoms with van der Waals surface area (Å²) in [5.41, 5.74) is 9.06. The number of fused-ring (bicyclic) bond motifs is 10. The zero-order chi connectivity index (χ0) is 27.1. The van der Waals surface area contributed by atoms with E-state index in [1.54, 1.807) is 0 Å². The number of hydrogen-bond donors (Lipinski definition) is 0. The summed E-state index contributed by atoms with van der Waals surface area (Å²) in [7, 11) is 0. The van der Waals surface area contributed by atoms with Crippen LogP contribution < -0.4 is 0 Å². The first kappa shape index (κ1) is 22.1. The van der Waals surface area contributed by atoms with Crippen LogP contribution in [0.4, 0.5) is 0 Å². The summed E-state index contributed by atoms with van der Waals surface area (Å²) in [6, 6.07) is 43.7. The summed E-state index contributed by atoms with van der Waals surface area (Å²) in [5.74, 6) is 0. The SMILES string of the molecule is N#Cc1ccc(-c2ccc3oc4ccccc4c3c2)c(-n2c3ccccc3c3ccc4c5ccccc5oc4c32)c1. The third-order valence-electron chi connectivity index (χ3n) is 8.23. The van der Waals surface area contributed by atoms with Gasteiger partial charge in [-0.1, -0.05) is 72.8 Å². The van der Waals surface area contributed by atoms with E-state index >= 15 is 0 Å². The Hall–Kier alpha value is -5.79. The molecule has 0 saturated heterocycles. The second-order valence-electron chi connectivity index (χ2n) is 10.4. The fourth-order valence-electron chi connectivity index (χ4n) is 6.40. The van der Waals surface area contributed by atoms with Crippen molar-refractivity contribution in [1.82, 2.24) is 4.57 Å². The number of rotatable bonds is 2. The van der Waals surface area contributed by atoms with Crippen molar-refractivity contribution in [3.8, 4) is 22.9 Å². The van der Waals surface area contributed by atoms with Crippen molar-refractivity contribution < 1.29 is 8.83 Å². The molecular formula is C37H20N2O2. The van der Waals surface area contributed by atoms with E-state index in [1.165, 1.54) is 0 Å². The molecule has 0 atom stereocenters. The Bertz CT molecular complexity index is 2550. The molecule has 41 heavy (non-hydrogen) atoms. The van der Waals surface area contributed by atoms with Gasteiger partial charge < -0.3 is 13.4 Å². The first-order valence-electron chi connectivity index (χ1n) is 13.6. The van der Waals surface area contributed by atoms with Crippen molar-refractivity contribution in [2.24, 2.45) is 0 Å². The van der Waals surface area contributed by atoms with Crippen LogP contribution in [-0.2, 0) is 0 Å². The van der Waals surface area contributed by atoms with Crippen molar-refractivity contribution in [3.63, 3.8) is 0 Å². The van der Waals surface area contributed by atoms with Gasteiger partial charge in [-0.2, -0.15) is 5.26 Å². The van der Waals surface area contributed by atoms with Gasteiger partial charge in [0.05, 0.1) is 28.4 Å². The number of benzene rings is 6. The number of nitriles is 1. The molecule has 0 N–H and O–H groups in total. The summed E-state index contributed by atoms with van der Waals surface area (Å²) in [6.07, 6.45) is 0. The Kier molecular flexibility index (Phi) is 4.37. The van der Waals surface area contributed by atoms with E-state index in [0.717, 1.165) is 82.5 Å². The van der Waals surface area contributed by atoms with Crippen molar-refractivity contribution >= 4 is 65.7 Å². The molecule has 0 saturated carbocycles. The molecule has 0 unspecified atom stereocenters. The van der Waals surface area contributed by atoms with E-state index in [-0.39, 0.29) is 0 Å². The maximum absolute atomic E-state index is 9.96. The van der Waals surface area contributed by atoms with Gasteiger partial charge in [0.2, 0.25) is 0 Å². The third-order valence-corrected chi connectivity index (χ3v) is 8.23. The number of nitrogens with zero attached hydrogens (tertiary/aromatic N) is 2. The molecule has 0 amide bonds. The van der Waals surface area contributed by atoms with Gasteiger partial charge in [0.25, 0.3) is 0 Å². The summed E-state index contributed by atoms with van der Waals surface area (Å²) in [4.78, 5) is 0. The van der Waals surface area contributed by atoms with Crippen LogP contribution in [0.15, 0.2) is 130 Å². The molecule has 0 bridgehead atoms. The molecule has 0 aliphatic rings. The van der Waals surface area contributed by atoms with E-state index in [1.807, 2.05) is 54.6 Å². The predicted molar refractivity (Wildman–Crippen MR) is 165 cm³/mol. The van der Waals surface area contributed by atoms with Gasteiger partial charge in [0.15, 0.2) is 5.58 Å². The molecule has 4 heteroatoms. The Morgan fingerprint density at radius 2 is 1.22 bits per heavy atom. The van der Waals surface area contributed by atoms with Crippen LogP contribution in [-0.4, -0.2) is 4.57 Å². The van der Waals surface area contributed by atoms with Crippen LogP contribution in [0.2, 0.25) is 0 Å². The van der Waals surface area contributed by atoms with Gasteiger partial charge in [-0.15, -0.1) is 0 Å². The van der Waals surface area contributed by atoms with Gasteiger partial charge >= 0.3 is 0 Å². The minimum absolute atomic E-state index is 0.598. The van der Waals surface area contributed by atoms with Crippen LogP contribution in [0.1, 0.15) is 5.56 Å². The second-order valence-corrected chi connectivity index (χ2v) is 10.4. The highest BCUT2D eigenvalue weighted by molar-refractivity contribution is 6.21. The predicted octanol–water partition coefficient (Wildman–Crippen LogP) is 10.1. The molecule has 3 aromatic heterocycles. The molecule has 4 nitrogen and oxygen atoms in total. The Balaban J connectivity index is 1.43. The maximum Gasteiger partial charge on any atom is 0.160 e. The van der Waals surface area contributed by atoms with Gasteiger partial charge in [-0.3, -0.25) is 0 Å².